The van der Waals surface area contributed by atoms with E-state index in [2.05, 4.69) is 15.6 Å². The molecule has 0 saturated carbocycles. The second-order valence-corrected chi connectivity index (χ2v) is 9.25. The number of nitrogens with one attached hydrogen (secondary N) is 1. The second-order valence-electron chi connectivity index (χ2n) is 9.25. The predicted molar refractivity (Wildman–Crippen MR) is 152 cm³/mol. The highest BCUT2D eigenvalue weighted by atomic mass is 19.1. The molecule has 9 nitrogen and oxygen atoms in total. The third-order valence-electron chi connectivity index (χ3n) is 6.65. The van der Waals surface area contributed by atoms with Crippen LogP contribution in [-0.2, 0) is 22.7 Å². The number of halogens is 1. The van der Waals surface area contributed by atoms with Crippen molar-refractivity contribution in [3.63, 3.8) is 0 Å². The van der Waals surface area contributed by atoms with Gasteiger partial charge in [0.1, 0.15) is 35.4 Å². The first kappa shape index (κ1) is 27.3. The third-order valence-corrected chi connectivity index (χ3v) is 6.65. The molecule has 0 fully saturated rings. The molecule has 0 radical (unpaired) electrons. The number of ether oxygens (including phenoxy) is 2. The van der Waals surface area contributed by atoms with Crippen LogP contribution < -0.4 is 14.8 Å². The summed E-state index contributed by atoms with van der Waals surface area (Å²) in [5, 5.41) is 11.2. The van der Waals surface area contributed by atoms with Crippen LogP contribution in [-0.4, -0.2) is 45.9 Å². The van der Waals surface area contributed by atoms with Crippen molar-refractivity contribution < 1.29 is 23.5 Å². The van der Waals surface area contributed by atoms with E-state index in [9.17, 15) is 14.0 Å². The van der Waals surface area contributed by atoms with Crippen molar-refractivity contribution in [2.45, 2.75) is 19.1 Å². The van der Waals surface area contributed by atoms with E-state index in [0.717, 1.165) is 0 Å². The fourth-order valence-electron chi connectivity index (χ4n) is 4.56. The van der Waals surface area contributed by atoms with E-state index in [0.29, 0.717) is 33.8 Å². The van der Waals surface area contributed by atoms with Gasteiger partial charge < -0.3 is 19.7 Å². The van der Waals surface area contributed by atoms with Gasteiger partial charge in [0.05, 0.1) is 19.7 Å². The molecule has 0 saturated heterocycles. The predicted octanol–water partition coefficient (Wildman–Crippen LogP) is 5.00. The minimum absolute atomic E-state index is 0.171. The maximum absolute atomic E-state index is 14.9. The second kappa shape index (κ2) is 12.3. The number of anilines is 1. The number of rotatable bonds is 10. The van der Waals surface area contributed by atoms with Crippen LogP contribution in [0.3, 0.4) is 0 Å². The van der Waals surface area contributed by atoms with Gasteiger partial charge in [0.2, 0.25) is 5.91 Å². The summed E-state index contributed by atoms with van der Waals surface area (Å²) in [6, 6.07) is 26.0. The SMILES string of the molecule is COc1ccc(NC(=O)[C@@H](c2cccc(OC)c2)N(Cc2ccccc2F)C(=O)Cn2nnc3ccccc32)cc1. The van der Waals surface area contributed by atoms with Gasteiger partial charge in [-0.25, -0.2) is 9.07 Å². The molecule has 208 valence electrons. The molecule has 5 aromatic rings. The van der Waals surface area contributed by atoms with E-state index in [1.54, 1.807) is 86.0 Å². The molecule has 1 heterocycles. The van der Waals surface area contributed by atoms with E-state index in [4.69, 9.17) is 9.47 Å². The lowest BCUT2D eigenvalue weighted by Gasteiger charge is -2.32. The summed E-state index contributed by atoms with van der Waals surface area (Å²) in [6.07, 6.45) is 0. The van der Waals surface area contributed by atoms with Crippen molar-refractivity contribution in [3.05, 3.63) is 114 Å². The number of fused-ring (bicyclic) bond motifs is 1. The highest BCUT2D eigenvalue weighted by Gasteiger charge is 2.33. The highest BCUT2D eigenvalue weighted by molar-refractivity contribution is 5.98. The van der Waals surface area contributed by atoms with E-state index >= 15 is 0 Å². The van der Waals surface area contributed by atoms with Crippen LogP contribution in [0.15, 0.2) is 97.1 Å². The Labute approximate surface area is 236 Å². The lowest BCUT2D eigenvalue weighted by atomic mass is 10.0. The number of amides is 2. The molecule has 1 atom stereocenters. The third kappa shape index (κ3) is 6.17. The normalized spacial score (nSPS) is 11.6. The number of hydrogen-bond donors (Lipinski definition) is 1. The van der Waals surface area contributed by atoms with Gasteiger partial charge in [-0.1, -0.05) is 47.7 Å². The largest absolute Gasteiger partial charge is 0.497 e. The van der Waals surface area contributed by atoms with Crippen molar-refractivity contribution >= 4 is 28.5 Å². The molecule has 41 heavy (non-hydrogen) atoms. The monoisotopic (exact) mass is 553 g/mol. The Balaban J connectivity index is 1.57. The number of benzene rings is 4. The average Bonchev–Trinajstić information content (AvgIpc) is 3.41. The molecule has 0 aliphatic heterocycles. The molecule has 0 unspecified atom stereocenters. The first-order chi connectivity index (χ1) is 20.0. The van der Waals surface area contributed by atoms with Crippen molar-refractivity contribution in [3.8, 4) is 11.5 Å². The Kier molecular flexibility index (Phi) is 8.19. The van der Waals surface area contributed by atoms with Crippen LogP contribution in [0, 0.1) is 5.82 Å². The molecule has 1 aromatic heterocycles. The number of aromatic nitrogens is 3. The molecule has 0 spiro atoms. The lowest BCUT2D eigenvalue weighted by molar-refractivity contribution is -0.140. The molecule has 1 N–H and O–H groups in total. The van der Waals surface area contributed by atoms with Crippen molar-refractivity contribution in [2.75, 3.05) is 19.5 Å². The lowest BCUT2D eigenvalue weighted by Crippen LogP contribution is -2.42. The fraction of sp³-hybridized carbons (Fsp3) is 0.161. The van der Waals surface area contributed by atoms with Gasteiger partial charge in [-0.2, -0.15) is 0 Å². The maximum atomic E-state index is 14.9. The van der Waals surface area contributed by atoms with Gasteiger partial charge in [-0.05, 0) is 60.2 Å². The van der Waals surface area contributed by atoms with Gasteiger partial charge in [0, 0.05) is 17.8 Å². The van der Waals surface area contributed by atoms with Gasteiger partial charge >= 0.3 is 0 Å². The van der Waals surface area contributed by atoms with Crippen LogP contribution in [0.25, 0.3) is 11.0 Å². The summed E-state index contributed by atoms with van der Waals surface area (Å²) in [5.41, 5.74) is 2.54. The summed E-state index contributed by atoms with van der Waals surface area (Å²) in [7, 11) is 3.07. The summed E-state index contributed by atoms with van der Waals surface area (Å²) in [6.45, 7) is -0.388. The van der Waals surface area contributed by atoms with Crippen LogP contribution in [0.4, 0.5) is 10.1 Å². The Hall–Kier alpha value is -5.25. The zero-order valence-electron chi connectivity index (χ0n) is 22.5. The first-order valence-corrected chi connectivity index (χ1v) is 12.9. The Bertz CT molecular complexity index is 1670. The number of methoxy groups -OCH3 is 2. The smallest absolute Gasteiger partial charge is 0.251 e. The standard InChI is InChI=1S/C31H28FN5O4/c1-40-24-16-14-23(15-17-24)33-31(39)30(21-9-7-10-25(18-21)41-2)36(19-22-8-3-4-11-26(22)32)29(38)20-37-28-13-6-5-12-27(28)34-35-37/h3-18,30H,19-20H2,1-2H3,(H,33,39)/t30-/m1/s1. The summed E-state index contributed by atoms with van der Waals surface area (Å²) in [5.74, 6) is -0.302. The Morgan fingerprint density at radius 1 is 0.902 bits per heavy atom. The topological polar surface area (TPSA) is 98.6 Å². The van der Waals surface area contributed by atoms with Gasteiger partial charge in [-0.15, -0.1) is 5.10 Å². The maximum Gasteiger partial charge on any atom is 0.251 e. The number of carbonyl (C=O) groups is 2. The van der Waals surface area contributed by atoms with Crippen LogP contribution in [0.1, 0.15) is 17.2 Å². The molecule has 0 aliphatic rings. The van der Waals surface area contributed by atoms with Gasteiger partial charge in [0.15, 0.2) is 0 Å². The average molecular weight is 554 g/mol. The zero-order valence-corrected chi connectivity index (χ0v) is 22.5. The molecule has 2 amide bonds. The van der Waals surface area contributed by atoms with E-state index in [-0.39, 0.29) is 18.7 Å². The fourth-order valence-corrected chi connectivity index (χ4v) is 4.56. The van der Waals surface area contributed by atoms with E-state index in [1.165, 1.54) is 22.8 Å². The number of hydrogen-bond acceptors (Lipinski definition) is 6. The summed E-state index contributed by atoms with van der Waals surface area (Å²) in [4.78, 5) is 29.4. The van der Waals surface area contributed by atoms with Crippen LogP contribution in [0.2, 0.25) is 0 Å². The molecule has 4 aromatic carbocycles. The summed E-state index contributed by atoms with van der Waals surface area (Å²) < 4.78 is 27.0. The summed E-state index contributed by atoms with van der Waals surface area (Å²) >= 11 is 0. The van der Waals surface area contributed by atoms with Crippen LogP contribution >= 0.6 is 0 Å². The molecule has 0 bridgehead atoms. The first-order valence-electron chi connectivity index (χ1n) is 12.9. The molecule has 0 aliphatic carbocycles. The zero-order chi connectivity index (χ0) is 28.8. The molecular weight excluding hydrogens is 525 g/mol. The van der Waals surface area contributed by atoms with Gasteiger partial charge in [-0.3, -0.25) is 9.59 Å². The van der Waals surface area contributed by atoms with Gasteiger partial charge in [0.25, 0.3) is 5.91 Å². The van der Waals surface area contributed by atoms with Crippen molar-refractivity contribution in [1.29, 1.82) is 0 Å². The quantitative estimate of drug-likeness (QED) is 0.262. The highest BCUT2D eigenvalue weighted by Crippen LogP contribution is 2.29. The van der Waals surface area contributed by atoms with Crippen LogP contribution in [0.5, 0.6) is 11.5 Å². The minimum atomic E-state index is -1.14. The number of nitrogens with zero attached hydrogens (tertiary/aromatic N) is 4. The minimum Gasteiger partial charge on any atom is -0.497 e. The van der Waals surface area contributed by atoms with Crippen molar-refractivity contribution in [1.82, 2.24) is 19.9 Å². The molecule has 10 heteroatoms. The molecular formula is C31H28FN5O4. The van der Waals surface area contributed by atoms with E-state index in [1.807, 2.05) is 12.1 Å². The Morgan fingerprint density at radius 2 is 1.63 bits per heavy atom. The number of carbonyl (C=O) groups excluding carboxylic acids is 2. The van der Waals surface area contributed by atoms with E-state index < -0.39 is 23.7 Å². The van der Waals surface area contributed by atoms with Crippen molar-refractivity contribution in [2.24, 2.45) is 0 Å². The molecule has 5 rings (SSSR count). The Morgan fingerprint density at radius 3 is 2.39 bits per heavy atom. The number of para-hydroxylation sites is 1.